The molecule has 2 N–H and O–H groups in total. The maximum Gasteiger partial charge on any atom is 0.254 e. The summed E-state index contributed by atoms with van der Waals surface area (Å²) in [4.78, 5) is 25.2. The minimum Gasteiger partial charge on any atom is -0.395 e. The van der Waals surface area contributed by atoms with Gasteiger partial charge in [0.2, 0.25) is 5.91 Å². The molecular formula is C14H18N2O4. The third-order valence-electron chi connectivity index (χ3n) is 3.20. The van der Waals surface area contributed by atoms with Gasteiger partial charge in [-0.15, -0.1) is 0 Å². The average Bonchev–Trinajstić information content (AvgIpc) is 2.81. The molecule has 0 aromatic heterocycles. The smallest absolute Gasteiger partial charge is 0.254 e. The number of carbonyl (C=O) groups excluding carboxylic acids is 2. The standard InChI is InChI=1S/C14H18N2O4/c1-20-7-5-16(4-6-17)14(19)11-3-2-10-9-13(18)15-12(10)8-11/h2-3,8,17H,4-7,9H2,1H3,(H,15,18). The highest BCUT2D eigenvalue weighted by Crippen LogP contribution is 2.24. The molecule has 1 aliphatic rings. The van der Waals surface area contributed by atoms with Crippen molar-refractivity contribution in [3.8, 4) is 0 Å². The number of amides is 2. The van der Waals surface area contributed by atoms with Gasteiger partial charge >= 0.3 is 0 Å². The quantitative estimate of drug-likeness (QED) is 0.782. The minimum atomic E-state index is -0.181. The fourth-order valence-electron chi connectivity index (χ4n) is 2.17. The topological polar surface area (TPSA) is 78.9 Å². The van der Waals surface area contributed by atoms with Gasteiger partial charge in [-0.25, -0.2) is 0 Å². The third-order valence-corrected chi connectivity index (χ3v) is 3.20. The second-order valence-corrected chi connectivity index (χ2v) is 4.61. The van der Waals surface area contributed by atoms with Crippen LogP contribution in [-0.2, 0) is 16.0 Å². The molecule has 0 atom stereocenters. The molecule has 0 spiro atoms. The van der Waals surface area contributed by atoms with Gasteiger partial charge < -0.3 is 20.1 Å². The number of fused-ring (bicyclic) bond motifs is 1. The van der Waals surface area contributed by atoms with E-state index in [-0.39, 0.29) is 25.0 Å². The Bertz CT molecular complexity index is 516. The van der Waals surface area contributed by atoms with Crippen molar-refractivity contribution in [1.82, 2.24) is 4.90 Å². The summed E-state index contributed by atoms with van der Waals surface area (Å²) in [6.07, 6.45) is 0.355. The molecule has 1 heterocycles. The summed E-state index contributed by atoms with van der Waals surface area (Å²) in [5.74, 6) is -0.240. The normalized spacial score (nSPS) is 13.0. The zero-order valence-corrected chi connectivity index (χ0v) is 11.4. The molecule has 2 rings (SSSR count). The van der Waals surface area contributed by atoms with Crippen molar-refractivity contribution in [3.05, 3.63) is 29.3 Å². The average molecular weight is 278 g/mol. The molecule has 6 heteroatoms. The lowest BCUT2D eigenvalue weighted by Crippen LogP contribution is -2.36. The third kappa shape index (κ3) is 3.15. The van der Waals surface area contributed by atoms with E-state index >= 15 is 0 Å². The lowest BCUT2D eigenvalue weighted by atomic mass is 10.1. The molecule has 0 saturated carbocycles. The highest BCUT2D eigenvalue weighted by Gasteiger charge is 2.21. The van der Waals surface area contributed by atoms with Gasteiger partial charge in [-0.05, 0) is 17.7 Å². The van der Waals surface area contributed by atoms with E-state index in [1.807, 2.05) is 0 Å². The maximum absolute atomic E-state index is 12.4. The fourth-order valence-corrected chi connectivity index (χ4v) is 2.17. The van der Waals surface area contributed by atoms with Crippen LogP contribution in [-0.4, -0.2) is 55.2 Å². The largest absolute Gasteiger partial charge is 0.395 e. The van der Waals surface area contributed by atoms with E-state index in [2.05, 4.69) is 5.32 Å². The van der Waals surface area contributed by atoms with E-state index in [9.17, 15) is 9.59 Å². The first-order valence-electron chi connectivity index (χ1n) is 6.47. The van der Waals surface area contributed by atoms with Crippen molar-refractivity contribution in [2.75, 3.05) is 38.7 Å². The molecule has 1 aromatic rings. The minimum absolute atomic E-state index is 0.0591. The van der Waals surface area contributed by atoms with Crippen LogP contribution in [0.1, 0.15) is 15.9 Å². The number of aliphatic hydroxyl groups is 1. The van der Waals surface area contributed by atoms with E-state index in [0.717, 1.165) is 5.56 Å². The zero-order valence-electron chi connectivity index (χ0n) is 11.4. The van der Waals surface area contributed by atoms with Crippen LogP contribution in [0.25, 0.3) is 0 Å². The van der Waals surface area contributed by atoms with E-state index in [0.29, 0.717) is 30.8 Å². The maximum atomic E-state index is 12.4. The number of methoxy groups -OCH3 is 1. The van der Waals surface area contributed by atoms with Crippen LogP contribution < -0.4 is 5.32 Å². The number of aliphatic hydroxyl groups excluding tert-OH is 1. The van der Waals surface area contributed by atoms with Crippen LogP contribution in [0.3, 0.4) is 0 Å². The Morgan fingerprint density at radius 3 is 2.95 bits per heavy atom. The summed E-state index contributed by atoms with van der Waals surface area (Å²) >= 11 is 0. The number of carbonyl (C=O) groups is 2. The first-order chi connectivity index (χ1) is 9.65. The van der Waals surface area contributed by atoms with E-state index in [4.69, 9.17) is 9.84 Å². The predicted molar refractivity (Wildman–Crippen MR) is 73.6 cm³/mol. The Kier molecular flexibility index (Phi) is 4.70. The second kappa shape index (κ2) is 6.49. The first-order valence-corrected chi connectivity index (χ1v) is 6.47. The van der Waals surface area contributed by atoms with E-state index in [1.165, 1.54) is 4.90 Å². The van der Waals surface area contributed by atoms with Gasteiger partial charge in [0.1, 0.15) is 0 Å². The Labute approximate surface area is 117 Å². The van der Waals surface area contributed by atoms with Crippen LogP contribution in [0.2, 0.25) is 0 Å². The summed E-state index contributed by atoms with van der Waals surface area (Å²) < 4.78 is 4.96. The lowest BCUT2D eigenvalue weighted by Gasteiger charge is -2.21. The van der Waals surface area contributed by atoms with Crippen molar-refractivity contribution in [3.63, 3.8) is 0 Å². The number of anilines is 1. The van der Waals surface area contributed by atoms with Gasteiger partial charge in [0.05, 0.1) is 19.6 Å². The molecule has 0 bridgehead atoms. The van der Waals surface area contributed by atoms with Crippen LogP contribution in [0.4, 0.5) is 5.69 Å². The molecule has 0 saturated heterocycles. The summed E-state index contributed by atoms with van der Waals surface area (Å²) in [6, 6.07) is 5.17. The van der Waals surface area contributed by atoms with Crippen LogP contribution in [0.5, 0.6) is 0 Å². The lowest BCUT2D eigenvalue weighted by molar-refractivity contribution is -0.115. The Balaban J connectivity index is 2.15. The zero-order chi connectivity index (χ0) is 14.5. The van der Waals surface area contributed by atoms with Gasteiger partial charge in [-0.2, -0.15) is 0 Å². The molecule has 20 heavy (non-hydrogen) atoms. The molecule has 0 unspecified atom stereocenters. The van der Waals surface area contributed by atoms with Crippen LogP contribution in [0, 0.1) is 0 Å². The van der Waals surface area contributed by atoms with Crippen molar-refractivity contribution < 1.29 is 19.4 Å². The Morgan fingerprint density at radius 1 is 1.45 bits per heavy atom. The van der Waals surface area contributed by atoms with Gasteiger partial charge in [0, 0.05) is 31.5 Å². The van der Waals surface area contributed by atoms with Gasteiger partial charge in [-0.1, -0.05) is 6.07 Å². The molecule has 2 amide bonds. The SMILES string of the molecule is COCCN(CCO)C(=O)c1ccc2c(c1)NC(=O)C2. The summed E-state index contributed by atoms with van der Waals surface area (Å²) in [7, 11) is 1.56. The molecule has 1 aromatic carbocycles. The highest BCUT2D eigenvalue weighted by molar-refractivity contribution is 6.02. The van der Waals surface area contributed by atoms with Gasteiger partial charge in [0.15, 0.2) is 0 Å². The summed E-state index contributed by atoms with van der Waals surface area (Å²) in [5.41, 5.74) is 2.09. The van der Waals surface area contributed by atoms with Crippen LogP contribution in [0.15, 0.2) is 18.2 Å². The van der Waals surface area contributed by atoms with Gasteiger partial charge in [0.25, 0.3) is 5.91 Å². The number of rotatable bonds is 6. The van der Waals surface area contributed by atoms with Crippen LogP contribution >= 0.6 is 0 Å². The molecule has 0 fully saturated rings. The fraction of sp³-hybridized carbons (Fsp3) is 0.429. The second-order valence-electron chi connectivity index (χ2n) is 4.61. The highest BCUT2D eigenvalue weighted by atomic mass is 16.5. The first kappa shape index (κ1) is 14.5. The number of ether oxygens (including phenoxy) is 1. The Hall–Kier alpha value is -1.92. The molecule has 6 nitrogen and oxygen atoms in total. The predicted octanol–water partition coefficient (Wildman–Crippen LogP) is 0.262. The number of hydrogen-bond acceptors (Lipinski definition) is 4. The summed E-state index contributed by atoms with van der Waals surface area (Å²) in [5, 5.41) is 11.8. The molecule has 0 radical (unpaired) electrons. The summed E-state index contributed by atoms with van der Waals surface area (Å²) in [6.45, 7) is 0.982. The van der Waals surface area contributed by atoms with Gasteiger partial charge in [-0.3, -0.25) is 9.59 Å². The molecule has 1 aliphatic heterocycles. The number of nitrogens with zero attached hydrogens (tertiary/aromatic N) is 1. The number of hydrogen-bond donors (Lipinski definition) is 2. The monoisotopic (exact) mass is 278 g/mol. The molecular weight excluding hydrogens is 260 g/mol. The number of nitrogens with one attached hydrogen (secondary N) is 1. The molecule has 0 aliphatic carbocycles. The Morgan fingerprint density at radius 2 is 2.25 bits per heavy atom. The van der Waals surface area contributed by atoms with Crippen molar-refractivity contribution in [2.24, 2.45) is 0 Å². The van der Waals surface area contributed by atoms with Crippen molar-refractivity contribution >= 4 is 17.5 Å². The molecule has 108 valence electrons. The number of benzene rings is 1. The van der Waals surface area contributed by atoms with Crippen molar-refractivity contribution in [2.45, 2.75) is 6.42 Å². The van der Waals surface area contributed by atoms with E-state index in [1.54, 1.807) is 25.3 Å². The van der Waals surface area contributed by atoms with Crippen molar-refractivity contribution in [1.29, 1.82) is 0 Å². The van der Waals surface area contributed by atoms with E-state index < -0.39 is 0 Å².